The van der Waals surface area contributed by atoms with Crippen LogP contribution in [0.3, 0.4) is 0 Å². The molecule has 1 N–H and O–H groups in total. The first-order valence-corrected chi connectivity index (χ1v) is 5.51. The lowest BCUT2D eigenvalue weighted by Gasteiger charge is -2.06. The SMILES string of the molecule is OC(Cc1ccco1)c1coc2ccccc12. The number of para-hydroxylation sites is 1. The summed E-state index contributed by atoms with van der Waals surface area (Å²) < 4.78 is 10.6. The lowest BCUT2D eigenvalue weighted by molar-refractivity contribution is 0.171. The third-order valence-corrected chi connectivity index (χ3v) is 2.84. The van der Waals surface area contributed by atoms with Gasteiger partial charge in [0.2, 0.25) is 0 Å². The van der Waals surface area contributed by atoms with Crippen molar-refractivity contribution in [2.24, 2.45) is 0 Å². The van der Waals surface area contributed by atoms with Crippen molar-refractivity contribution in [3.8, 4) is 0 Å². The van der Waals surface area contributed by atoms with E-state index in [1.165, 1.54) is 0 Å². The normalized spacial score (nSPS) is 13.0. The number of aliphatic hydroxyl groups is 1. The Balaban J connectivity index is 1.93. The second-order valence-electron chi connectivity index (χ2n) is 3.99. The van der Waals surface area contributed by atoms with Gasteiger partial charge in [-0.2, -0.15) is 0 Å². The van der Waals surface area contributed by atoms with E-state index in [1.807, 2.05) is 36.4 Å². The molecule has 3 heteroatoms. The Hall–Kier alpha value is -2.00. The summed E-state index contributed by atoms with van der Waals surface area (Å²) >= 11 is 0. The average molecular weight is 228 g/mol. The van der Waals surface area contributed by atoms with Crippen LogP contribution in [0.15, 0.2) is 57.8 Å². The van der Waals surface area contributed by atoms with Crippen LogP contribution in [0.5, 0.6) is 0 Å². The van der Waals surface area contributed by atoms with Gasteiger partial charge in [-0.05, 0) is 18.2 Å². The first kappa shape index (κ1) is 10.2. The molecule has 0 aliphatic rings. The number of rotatable bonds is 3. The first-order chi connectivity index (χ1) is 8.34. The molecular weight excluding hydrogens is 216 g/mol. The zero-order valence-electron chi connectivity index (χ0n) is 9.17. The van der Waals surface area contributed by atoms with E-state index in [-0.39, 0.29) is 0 Å². The van der Waals surface area contributed by atoms with Crippen molar-refractivity contribution in [2.75, 3.05) is 0 Å². The minimum atomic E-state index is -0.607. The van der Waals surface area contributed by atoms with Gasteiger partial charge in [0.15, 0.2) is 0 Å². The summed E-state index contributed by atoms with van der Waals surface area (Å²) in [5.74, 6) is 0.766. The molecule has 1 atom stereocenters. The molecule has 0 aliphatic carbocycles. The van der Waals surface area contributed by atoms with Crippen molar-refractivity contribution in [3.05, 3.63) is 60.2 Å². The second kappa shape index (κ2) is 4.11. The maximum atomic E-state index is 10.2. The Kier molecular flexibility index (Phi) is 2.46. The van der Waals surface area contributed by atoms with Crippen molar-refractivity contribution in [1.29, 1.82) is 0 Å². The molecule has 0 radical (unpaired) electrons. The van der Waals surface area contributed by atoms with Crippen molar-refractivity contribution >= 4 is 11.0 Å². The van der Waals surface area contributed by atoms with E-state index in [0.717, 1.165) is 22.3 Å². The van der Waals surface area contributed by atoms with Gasteiger partial charge in [0.25, 0.3) is 0 Å². The lowest BCUT2D eigenvalue weighted by atomic mass is 10.0. The number of fused-ring (bicyclic) bond motifs is 1. The summed E-state index contributed by atoms with van der Waals surface area (Å²) in [5.41, 5.74) is 1.60. The van der Waals surface area contributed by atoms with Crippen LogP contribution in [0.2, 0.25) is 0 Å². The van der Waals surface area contributed by atoms with Gasteiger partial charge in [0.1, 0.15) is 11.3 Å². The van der Waals surface area contributed by atoms with Crippen LogP contribution in [0.4, 0.5) is 0 Å². The molecule has 1 aromatic carbocycles. The van der Waals surface area contributed by atoms with Gasteiger partial charge in [-0.15, -0.1) is 0 Å². The molecule has 3 aromatic rings. The van der Waals surface area contributed by atoms with Gasteiger partial charge < -0.3 is 13.9 Å². The zero-order chi connectivity index (χ0) is 11.7. The fourth-order valence-electron chi connectivity index (χ4n) is 1.99. The van der Waals surface area contributed by atoms with E-state index in [9.17, 15) is 5.11 Å². The van der Waals surface area contributed by atoms with Crippen LogP contribution < -0.4 is 0 Å². The smallest absolute Gasteiger partial charge is 0.134 e. The molecule has 0 saturated carbocycles. The third-order valence-electron chi connectivity index (χ3n) is 2.84. The Labute approximate surface area is 98.3 Å². The van der Waals surface area contributed by atoms with Gasteiger partial charge >= 0.3 is 0 Å². The molecule has 0 saturated heterocycles. The topological polar surface area (TPSA) is 46.5 Å². The summed E-state index contributed by atoms with van der Waals surface area (Å²) in [6.45, 7) is 0. The summed E-state index contributed by atoms with van der Waals surface area (Å²) in [7, 11) is 0. The molecule has 2 aromatic heterocycles. The largest absolute Gasteiger partial charge is 0.469 e. The highest BCUT2D eigenvalue weighted by Gasteiger charge is 2.15. The van der Waals surface area contributed by atoms with E-state index in [1.54, 1.807) is 12.5 Å². The third kappa shape index (κ3) is 1.85. The van der Waals surface area contributed by atoms with Crippen LogP contribution in [-0.4, -0.2) is 5.11 Å². The number of hydrogen-bond acceptors (Lipinski definition) is 3. The van der Waals surface area contributed by atoms with E-state index < -0.39 is 6.10 Å². The van der Waals surface area contributed by atoms with Gasteiger partial charge in [-0.25, -0.2) is 0 Å². The molecule has 0 fully saturated rings. The van der Waals surface area contributed by atoms with Crippen LogP contribution in [0, 0.1) is 0 Å². The van der Waals surface area contributed by atoms with E-state index in [0.29, 0.717) is 6.42 Å². The molecule has 2 heterocycles. The fraction of sp³-hybridized carbons (Fsp3) is 0.143. The monoisotopic (exact) mass is 228 g/mol. The molecular formula is C14H12O3. The minimum Gasteiger partial charge on any atom is -0.469 e. The zero-order valence-corrected chi connectivity index (χ0v) is 9.17. The number of hydrogen-bond donors (Lipinski definition) is 1. The van der Waals surface area contributed by atoms with Crippen LogP contribution in [-0.2, 0) is 6.42 Å². The van der Waals surface area contributed by atoms with Crippen LogP contribution >= 0.6 is 0 Å². The van der Waals surface area contributed by atoms with E-state index in [4.69, 9.17) is 8.83 Å². The summed E-state index contributed by atoms with van der Waals surface area (Å²) in [5, 5.41) is 11.1. The van der Waals surface area contributed by atoms with Gasteiger partial charge in [-0.1, -0.05) is 18.2 Å². The van der Waals surface area contributed by atoms with Crippen LogP contribution in [0.1, 0.15) is 17.4 Å². The predicted molar refractivity (Wildman–Crippen MR) is 63.6 cm³/mol. The quantitative estimate of drug-likeness (QED) is 0.748. The van der Waals surface area contributed by atoms with Gasteiger partial charge in [0, 0.05) is 17.4 Å². The molecule has 0 aliphatic heterocycles. The Morgan fingerprint density at radius 1 is 1.06 bits per heavy atom. The highest BCUT2D eigenvalue weighted by atomic mass is 16.3. The summed E-state index contributed by atoms with van der Waals surface area (Å²) in [6.07, 6.45) is 3.06. The van der Waals surface area contributed by atoms with Crippen LogP contribution in [0.25, 0.3) is 11.0 Å². The second-order valence-corrected chi connectivity index (χ2v) is 3.99. The Morgan fingerprint density at radius 3 is 2.76 bits per heavy atom. The predicted octanol–water partition coefficient (Wildman–Crippen LogP) is 3.30. The number of benzene rings is 1. The van der Waals surface area contributed by atoms with Crippen molar-refractivity contribution in [1.82, 2.24) is 0 Å². The van der Waals surface area contributed by atoms with Crippen molar-refractivity contribution in [3.63, 3.8) is 0 Å². The number of aliphatic hydroxyl groups excluding tert-OH is 1. The molecule has 17 heavy (non-hydrogen) atoms. The molecule has 1 unspecified atom stereocenters. The van der Waals surface area contributed by atoms with Gasteiger partial charge in [0.05, 0.1) is 18.6 Å². The average Bonchev–Trinajstić information content (AvgIpc) is 2.96. The molecule has 0 spiro atoms. The standard InChI is InChI=1S/C14H12O3/c15-13(8-10-4-3-7-16-10)12-9-17-14-6-2-1-5-11(12)14/h1-7,9,13,15H,8H2. The maximum absolute atomic E-state index is 10.2. The summed E-state index contributed by atoms with van der Waals surface area (Å²) in [4.78, 5) is 0. The first-order valence-electron chi connectivity index (χ1n) is 5.51. The Bertz CT molecular complexity index is 607. The highest BCUT2D eigenvalue weighted by Crippen LogP contribution is 2.28. The Morgan fingerprint density at radius 2 is 1.94 bits per heavy atom. The molecule has 0 amide bonds. The minimum absolute atomic E-state index is 0.455. The molecule has 3 rings (SSSR count). The van der Waals surface area contributed by atoms with Crippen molar-refractivity contribution < 1.29 is 13.9 Å². The fourth-order valence-corrected chi connectivity index (χ4v) is 1.99. The molecule has 3 nitrogen and oxygen atoms in total. The molecule has 86 valence electrons. The van der Waals surface area contributed by atoms with E-state index in [2.05, 4.69) is 0 Å². The maximum Gasteiger partial charge on any atom is 0.134 e. The van der Waals surface area contributed by atoms with Gasteiger partial charge in [-0.3, -0.25) is 0 Å². The lowest BCUT2D eigenvalue weighted by Crippen LogP contribution is -1.99. The highest BCUT2D eigenvalue weighted by molar-refractivity contribution is 5.81. The van der Waals surface area contributed by atoms with E-state index >= 15 is 0 Å². The number of furan rings is 2. The van der Waals surface area contributed by atoms with Crippen molar-refractivity contribution in [2.45, 2.75) is 12.5 Å². The molecule has 0 bridgehead atoms. The summed E-state index contributed by atoms with van der Waals surface area (Å²) in [6, 6.07) is 11.3.